The number of thioether (sulfide) groups is 1. The van der Waals surface area contributed by atoms with E-state index in [4.69, 9.17) is 4.98 Å². The third kappa shape index (κ3) is 2.92. The largest absolute Gasteiger partial charge is 0.326 e. The van der Waals surface area contributed by atoms with Crippen LogP contribution in [0.3, 0.4) is 0 Å². The van der Waals surface area contributed by atoms with Crippen molar-refractivity contribution >= 4 is 29.1 Å². The van der Waals surface area contributed by atoms with E-state index >= 15 is 0 Å². The predicted octanol–water partition coefficient (Wildman–Crippen LogP) is 3.98. The van der Waals surface area contributed by atoms with Crippen molar-refractivity contribution in [2.45, 2.75) is 57.0 Å². The van der Waals surface area contributed by atoms with Gasteiger partial charge in [0.2, 0.25) is 11.1 Å². The van der Waals surface area contributed by atoms with Gasteiger partial charge < -0.3 is 5.32 Å². The molecule has 7 heteroatoms. The molecular formula is C21H24N4O2S. The Kier molecular flexibility index (Phi) is 4.53. The smallest absolute Gasteiger partial charge is 0.221 e. The van der Waals surface area contributed by atoms with Gasteiger partial charge >= 0.3 is 0 Å². The average molecular weight is 397 g/mol. The zero-order chi connectivity index (χ0) is 20.1. The number of carbonyl (C=O) groups is 2. The van der Waals surface area contributed by atoms with E-state index in [1.807, 2.05) is 0 Å². The summed E-state index contributed by atoms with van der Waals surface area (Å²) >= 11 is 1.33. The van der Waals surface area contributed by atoms with E-state index in [9.17, 15) is 9.59 Å². The van der Waals surface area contributed by atoms with E-state index in [2.05, 4.69) is 36.3 Å². The molecule has 1 N–H and O–H groups in total. The van der Waals surface area contributed by atoms with Crippen LogP contribution in [-0.2, 0) is 10.2 Å². The lowest BCUT2D eigenvalue weighted by atomic mass is 9.70. The molecule has 1 fully saturated rings. The van der Waals surface area contributed by atoms with Crippen molar-refractivity contribution < 1.29 is 9.59 Å². The summed E-state index contributed by atoms with van der Waals surface area (Å²) in [7, 11) is 0. The quantitative estimate of drug-likeness (QED) is 0.608. The van der Waals surface area contributed by atoms with Gasteiger partial charge in [-0.15, -0.1) is 5.10 Å². The Morgan fingerprint density at radius 2 is 1.89 bits per heavy atom. The van der Waals surface area contributed by atoms with Gasteiger partial charge in [0.25, 0.3) is 0 Å². The van der Waals surface area contributed by atoms with Crippen LogP contribution in [0.2, 0.25) is 0 Å². The van der Waals surface area contributed by atoms with Gasteiger partial charge in [0.15, 0.2) is 5.78 Å². The van der Waals surface area contributed by atoms with Crippen molar-refractivity contribution in [3.8, 4) is 0 Å². The maximum Gasteiger partial charge on any atom is 0.221 e. The summed E-state index contributed by atoms with van der Waals surface area (Å²) in [6.45, 7) is 8.33. The number of ketones is 1. The maximum atomic E-state index is 12.5. The molecule has 2 aliphatic carbocycles. The number of nitrogens with one attached hydrogen (secondary N) is 1. The molecule has 0 saturated heterocycles. The lowest BCUT2D eigenvalue weighted by Gasteiger charge is -2.33. The van der Waals surface area contributed by atoms with Crippen LogP contribution in [0.4, 0.5) is 5.69 Å². The summed E-state index contributed by atoms with van der Waals surface area (Å²) in [6.07, 6.45) is 2.27. The summed E-state index contributed by atoms with van der Waals surface area (Å²) in [5.74, 6) is 0.539. The molecule has 28 heavy (non-hydrogen) atoms. The molecule has 1 saturated carbocycles. The molecule has 2 aliphatic rings. The summed E-state index contributed by atoms with van der Waals surface area (Å²) < 4.78 is 0. The molecule has 1 amide bonds. The number of aromatic nitrogens is 3. The summed E-state index contributed by atoms with van der Waals surface area (Å²) in [6, 6.07) is 6.90. The van der Waals surface area contributed by atoms with E-state index in [0.29, 0.717) is 22.3 Å². The normalized spacial score (nSPS) is 24.1. The molecule has 4 rings (SSSR count). The number of carbonyl (C=O) groups excluding carboxylic acids is 2. The number of hydrogen-bond acceptors (Lipinski definition) is 6. The first-order valence-corrected chi connectivity index (χ1v) is 10.5. The van der Waals surface area contributed by atoms with E-state index in [1.165, 1.54) is 18.7 Å². The van der Waals surface area contributed by atoms with Crippen molar-refractivity contribution in [3.63, 3.8) is 0 Å². The molecular weight excluding hydrogens is 372 g/mol. The van der Waals surface area contributed by atoms with Crippen molar-refractivity contribution in [1.29, 1.82) is 0 Å². The number of hydrogen-bond donors (Lipinski definition) is 1. The number of nitrogens with zero attached hydrogens (tertiary/aromatic N) is 3. The summed E-state index contributed by atoms with van der Waals surface area (Å²) in [4.78, 5) is 28.4. The highest BCUT2D eigenvalue weighted by molar-refractivity contribution is 7.99. The van der Waals surface area contributed by atoms with Crippen LogP contribution in [0.5, 0.6) is 0 Å². The molecule has 146 valence electrons. The standard InChI is InChI=1S/C21H24N4O2S/c1-12(26)22-14-7-5-13(6-8-14)16(27)11-28-19-23-18-17(24-25-19)15-9-10-21(18,4)20(15,2)3/h5-8,15H,9-11H2,1-4H3,(H,22,26). The lowest BCUT2D eigenvalue weighted by molar-refractivity contribution is -0.114. The van der Waals surface area contributed by atoms with E-state index < -0.39 is 0 Å². The third-order valence-electron chi connectivity index (χ3n) is 6.63. The lowest BCUT2D eigenvalue weighted by Crippen LogP contribution is -2.32. The Bertz CT molecular complexity index is 957. The fourth-order valence-corrected chi connectivity index (χ4v) is 5.26. The van der Waals surface area contributed by atoms with Crippen LogP contribution >= 0.6 is 11.8 Å². The topological polar surface area (TPSA) is 84.8 Å². The monoisotopic (exact) mass is 396 g/mol. The SMILES string of the molecule is CC(=O)Nc1ccc(C(=O)CSc2nnc3c(n2)C2(C)CCC3C2(C)C)cc1. The van der Waals surface area contributed by atoms with Crippen LogP contribution < -0.4 is 5.32 Å². The van der Waals surface area contributed by atoms with Crippen molar-refractivity contribution in [3.05, 3.63) is 41.2 Å². The molecule has 0 spiro atoms. The number of rotatable bonds is 5. The Balaban J connectivity index is 1.45. The second-order valence-electron chi connectivity index (χ2n) is 8.44. The highest BCUT2D eigenvalue weighted by Crippen LogP contribution is 2.66. The molecule has 1 aromatic heterocycles. The number of anilines is 1. The minimum atomic E-state index is -0.138. The van der Waals surface area contributed by atoms with E-state index in [1.54, 1.807) is 24.3 Å². The Morgan fingerprint density at radius 1 is 1.18 bits per heavy atom. The number of fused-ring (bicyclic) bond motifs is 5. The molecule has 2 atom stereocenters. The molecule has 6 nitrogen and oxygen atoms in total. The molecule has 2 bridgehead atoms. The Hall–Kier alpha value is -2.28. The fraction of sp³-hybridized carbons (Fsp3) is 0.476. The van der Waals surface area contributed by atoms with Gasteiger partial charge in [-0.3, -0.25) is 9.59 Å². The molecule has 2 unspecified atom stereocenters. The van der Waals surface area contributed by atoms with Gasteiger partial charge in [-0.05, 0) is 42.5 Å². The first-order chi connectivity index (χ1) is 13.2. The molecule has 0 aliphatic heterocycles. The zero-order valence-electron chi connectivity index (χ0n) is 16.6. The highest BCUT2D eigenvalue weighted by atomic mass is 32.2. The molecule has 2 aromatic rings. The first-order valence-electron chi connectivity index (χ1n) is 9.51. The highest BCUT2D eigenvalue weighted by Gasteiger charge is 2.61. The van der Waals surface area contributed by atoms with Crippen molar-refractivity contribution in [2.75, 3.05) is 11.1 Å². The van der Waals surface area contributed by atoms with Crippen molar-refractivity contribution in [2.24, 2.45) is 5.41 Å². The number of benzene rings is 1. The van der Waals surface area contributed by atoms with Crippen LogP contribution in [0.15, 0.2) is 29.4 Å². The Labute approximate surface area is 168 Å². The fourth-order valence-electron chi connectivity index (χ4n) is 4.58. The van der Waals surface area contributed by atoms with Crippen LogP contribution in [-0.4, -0.2) is 32.6 Å². The van der Waals surface area contributed by atoms with Crippen molar-refractivity contribution in [1.82, 2.24) is 15.2 Å². The summed E-state index contributed by atoms with van der Waals surface area (Å²) in [5.41, 5.74) is 3.56. The van der Waals surface area contributed by atoms with Gasteiger partial charge in [0.05, 0.1) is 17.1 Å². The van der Waals surface area contributed by atoms with Gasteiger partial charge in [0, 0.05) is 29.5 Å². The molecule has 1 heterocycles. The van der Waals surface area contributed by atoms with Gasteiger partial charge in [-0.2, -0.15) is 5.10 Å². The second-order valence-corrected chi connectivity index (χ2v) is 9.39. The number of Topliss-reactive ketones (excluding diaryl/α,β-unsaturated/α-hetero) is 1. The number of amides is 1. The van der Waals surface area contributed by atoms with E-state index in [-0.39, 0.29) is 28.3 Å². The van der Waals surface area contributed by atoms with Crippen LogP contribution in [0.25, 0.3) is 0 Å². The molecule has 0 radical (unpaired) electrons. The van der Waals surface area contributed by atoms with Gasteiger partial charge in [0.1, 0.15) is 0 Å². The predicted molar refractivity (Wildman–Crippen MR) is 109 cm³/mol. The molecule has 1 aromatic carbocycles. The van der Waals surface area contributed by atoms with Gasteiger partial charge in [-0.25, -0.2) is 4.98 Å². The third-order valence-corrected chi connectivity index (χ3v) is 7.47. The minimum Gasteiger partial charge on any atom is -0.326 e. The minimum absolute atomic E-state index is 0.00321. The van der Waals surface area contributed by atoms with Crippen LogP contribution in [0, 0.1) is 5.41 Å². The average Bonchev–Trinajstić information content (AvgIpc) is 2.98. The Morgan fingerprint density at radius 3 is 2.57 bits per heavy atom. The second kappa shape index (κ2) is 6.65. The zero-order valence-corrected chi connectivity index (χ0v) is 17.4. The van der Waals surface area contributed by atoms with E-state index in [0.717, 1.165) is 24.2 Å². The summed E-state index contributed by atoms with van der Waals surface area (Å²) in [5, 5.41) is 12.0. The maximum absolute atomic E-state index is 12.5. The van der Waals surface area contributed by atoms with Crippen LogP contribution in [0.1, 0.15) is 68.2 Å². The van der Waals surface area contributed by atoms with Gasteiger partial charge in [-0.1, -0.05) is 32.5 Å². The first kappa shape index (κ1) is 19.1.